The Labute approximate surface area is 161 Å². The van der Waals surface area contributed by atoms with Gasteiger partial charge in [-0.25, -0.2) is 9.69 Å². The molecule has 138 valence electrons. The van der Waals surface area contributed by atoms with E-state index in [-0.39, 0.29) is 5.57 Å². The molecule has 4 amide bonds. The second-order valence-electron chi connectivity index (χ2n) is 6.20. The predicted molar refractivity (Wildman–Crippen MR) is 106 cm³/mol. The molecule has 0 radical (unpaired) electrons. The zero-order valence-corrected chi connectivity index (χ0v) is 15.0. The van der Waals surface area contributed by atoms with Crippen molar-refractivity contribution in [3.63, 3.8) is 0 Å². The molecule has 0 aromatic heterocycles. The Morgan fingerprint density at radius 3 is 2.25 bits per heavy atom. The fourth-order valence-corrected chi connectivity index (χ4v) is 3.22. The minimum Gasteiger partial charge on any atom is -0.496 e. The highest BCUT2D eigenvalue weighted by Gasteiger charge is 2.36. The number of urea groups is 1. The molecule has 1 fully saturated rings. The summed E-state index contributed by atoms with van der Waals surface area (Å²) in [6, 6.07) is 18.8. The van der Waals surface area contributed by atoms with Crippen LogP contribution >= 0.6 is 0 Å². The fourth-order valence-electron chi connectivity index (χ4n) is 3.22. The molecule has 1 aliphatic heterocycles. The van der Waals surface area contributed by atoms with Crippen LogP contribution in [0.1, 0.15) is 5.56 Å². The van der Waals surface area contributed by atoms with Crippen LogP contribution < -0.4 is 15.0 Å². The van der Waals surface area contributed by atoms with Crippen molar-refractivity contribution in [1.82, 2.24) is 5.32 Å². The molecule has 0 saturated carbocycles. The van der Waals surface area contributed by atoms with E-state index in [0.29, 0.717) is 17.0 Å². The van der Waals surface area contributed by atoms with E-state index in [2.05, 4.69) is 5.32 Å². The highest BCUT2D eigenvalue weighted by atomic mass is 16.5. The maximum atomic E-state index is 13.0. The van der Waals surface area contributed by atoms with Crippen molar-refractivity contribution in [1.29, 1.82) is 0 Å². The van der Waals surface area contributed by atoms with Gasteiger partial charge >= 0.3 is 6.03 Å². The number of carbonyl (C=O) groups is 3. The Hall–Kier alpha value is -3.93. The third-order valence-electron chi connectivity index (χ3n) is 4.55. The van der Waals surface area contributed by atoms with Crippen LogP contribution in [0.5, 0.6) is 5.75 Å². The van der Waals surface area contributed by atoms with Gasteiger partial charge in [0.15, 0.2) is 0 Å². The number of nitrogens with zero attached hydrogens (tertiary/aromatic N) is 1. The van der Waals surface area contributed by atoms with Crippen LogP contribution in [0.4, 0.5) is 10.5 Å². The molecule has 6 nitrogen and oxygen atoms in total. The number of fused-ring (bicyclic) bond motifs is 1. The SMILES string of the molecule is COc1ccc(C=C2C(=O)NC(=O)N(c3ccccc3)C2=O)c2ccccc12. The molecule has 1 heterocycles. The van der Waals surface area contributed by atoms with Crippen LogP contribution in [-0.2, 0) is 9.59 Å². The van der Waals surface area contributed by atoms with Crippen molar-refractivity contribution < 1.29 is 19.1 Å². The Morgan fingerprint density at radius 1 is 0.857 bits per heavy atom. The van der Waals surface area contributed by atoms with Gasteiger partial charge in [-0.2, -0.15) is 0 Å². The number of hydrogen-bond donors (Lipinski definition) is 1. The number of benzene rings is 3. The average Bonchev–Trinajstić information content (AvgIpc) is 2.71. The summed E-state index contributed by atoms with van der Waals surface area (Å²) in [5, 5.41) is 3.93. The molecular weight excluding hydrogens is 356 g/mol. The van der Waals surface area contributed by atoms with Gasteiger partial charge < -0.3 is 4.74 Å². The molecule has 4 rings (SSSR count). The summed E-state index contributed by atoms with van der Waals surface area (Å²) in [6.45, 7) is 0. The van der Waals surface area contributed by atoms with Gasteiger partial charge in [-0.1, -0.05) is 48.5 Å². The van der Waals surface area contributed by atoms with Crippen molar-refractivity contribution in [2.24, 2.45) is 0 Å². The van der Waals surface area contributed by atoms with Crippen molar-refractivity contribution in [2.75, 3.05) is 12.0 Å². The summed E-state index contributed by atoms with van der Waals surface area (Å²) in [4.78, 5) is 38.5. The number of nitrogens with one attached hydrogen (secondary N) is 1. The number of amides is 4. The van der Waals surface area contributed by atoms with Crippen LogP contribution in [-0.4, -0.2) is 25.0 Å². The summed E-state index contributed by atoms with van der Waals surface area (Å²) in [5.74, 6) is -0.694. The number of carbonyl (C=O) groups excluding carboxylic acids is 3. The molecule has 1 N–H and O–H groups in total. The number of rotatable bonds is 3. The summed E-state index contributed by atoms with van der Waals surface area (Å²) in [6.07, 6.45) is 1.50. The van der Waals surface area contributed by atoms with E-state index in [1.807, 2.05) is 24.3 Å². The van der Waals surface area contributed by atoms with Crippen LogP contribution in [0.25, 0.3) is 16.8 Å². The van der Waals surface area contributed by atoms with Crippen molar-refractivity contribution in [2.45, 2.75) is 0 Å². The molecule has 0 spiro atoms. The lowest BCUT2D eigenvalue weighted by atomic mass is 10.00. The first-order valence-electron chi connectivity index (χ1n) is 8.62. The lowest BCUT2D eigenvalue weighted by Crippen LogP contribution is -2.54. The number of barbiturate groups is 1. The zero-order chi connectivity index (χ0) is 19.7. The van der Waals surface area contributed by atoms with Gasteiger partial charge in [-0.3, -0.25) is 14.9 Å². The normalized spacial score (nSPS) is 15.8. The Balaban J connectivity index is 1.83. The quantitative estimate of drug-likeness (QED) is 0.564. The molecule has 0 unspecified atom stereocenters. The maximum absolute atomic E-state index is 13.0. The predicted octanol–water partition coefficient (Wildman–Crippen LogP) is 3.51. The van der Waals surface area contributed by atoms with Gasteiger partial charge in [0.1, 0.15) is 11.3 Å². The van der Waals surface area contributed by atoms with Gasteiger partial charge in [-0.15, -0.1) is 0 Å². The van der Waals surface area contributed by atoms with Crippen LogP contribution in [0.3, 0.4) is 0 Å². The van der Waals surface area contributed by atoms with Crippen LogP contribution in [0.2, 0.25) is 0 Å². The number of ether oxygens (including phenoxy) is 1. The third kappa shape index (κ3) is 2.91. The number of imide groups is 2. The summed E-state index contributed by atoms with van der Waals surface area (Å²) in [5.41, 5.74) is 0.957. The fraction of sp³-hybridized carbons (Fsp3) is 0.0455. The molecule has 0 atom stereocenters. The highest BCUT2D eigenvalue weighted by Crippen LogP contribution is 2.30. The zero-order valence-electron chi connectivity index (χ0n) is 15.0. The minimum absolute atomic E-state index is 0.112. The average molecular weight is 372 g/mol. The number of para-hydroxylation sites is 1. The van der Waals surface area contributed by atoms with E-state index in [1.165, 1.54) is 6.08 Å². The molecule has 6 heteroatoms. The maximum Gasteiger partial charge on any atom is 0.335 e. The van der Waals surface area contributed by atoms with Gasteiger partial charge in [0, 0.05) is 5.39 Å². The molecule has 1 saturated heterocycles. The standard InChI is InChI=1S/C22H16N2O4/c1-28-19-12-11-14(16-9-5-6-10-17(16)19)13-18-20(25)23-22(27)24(21(18)26)15-7-3-2-4-8-15/h2-13H,1H3,(H,23,25,27). The Morgan fingerprint density at radius 2 is 1.54 bits per heavy atom. The highest BCUT2D eigenvalue weighted by molar-refractivity contribution is 6.39. The minimum atomic E-state index is -0.766. The van der Waals surface area contributed by atoms with E-state index in [1.54, 1.807) is 49.6 Å². The summed E-state index contributed by atoms with van der Waals surface area (Å²) >= 11 is 0. The number of methoxy groups -OCH3 is 1. The van der Waals surface area contributed by atoms with E-state index in [9.17, 15) is 14.4 Å². The second-order valence-corrected chi connectivity index (χ2v) is 6.20. The first-order valence-corrected chi connectivity index (χ1v) is 8.62. The van der Waals surface area contributed by atoms with E-state index < -0.39 is 17.8 Å². The molecular formula is C22H16N2O4. The van der Waals surface area contributed by atoms with E-state index >= 15 is 0 Å². The summed E-state index contributed by atoms with van der Waals surface area (Å²) in [7, 11) is 1.58. The topological polar surface area (TPSA) is 75.7 Å². The van der Waals surface area contributed by atoms with Crippen molar-refractivity contribution >= 4 is 40.4 Å². The second kappa shape index (κ2) is 7.00. The van der Waals surface area contributed by atoms with Crippen molar-refractivity contribution in [3.8, 4) is 5.75 Å². The first kappa shape index (κ1) is 17.5. The molecule has 3 aromatic rings. The molecule has 1 aliphatic rings. The van der Waals surface area contributed by atoms with Gasteiger partial charge in [0.25, 0.3) is 11.8 Å². The Kier molecular flexibility index (Phi) is 4.37. The van der Waals surface area contributed by atoms with Gasteiger partial charge in [0.2, 0.25) is 0 Å². The number of anilines is 1. The third-order valence-corrected chi connectivity index (χ3v) is 4.55. The Bertz CT molecular complexity index is 1140. The molecule has 3 aromatic carbocycles. The van der Waals surface area contributed by atoms with Gasteiger partial charge in [-0.05, 0) is 35.2 Å². The van der Waals surface area contributed by atoms with Crippen LogP contribution in [0.15, 0.2) is 72.3 Å². The van der Waals surface area contributed by atoms with Crippen molar-refractivity contribution in [3.05, 3.63) is 77.9 Å². The first-order chi connectivity index (χ1) is 13.6. The van der Waals surface area contributed by atoms with E-state index in [0.717, 1.165) is 15.7 Å². The lowest BCUT2D eigenvalue weighted by molar-refractivity contribution is -0.122. The summed E-state index contributed by atoms with van der Waals surface area (Å²) < 4.78 is 5.38. The monoisotopic (exact) mass is 372 g/mol. The van der Waals surface area contributed by atoms with Gasteiger partial charge in [0.05, 0.1) is 12.8 Å². The largest absolute Gasteiger partial charge is 0.496 e. The smallest absolute Gasteiger partial charge is 0.335 e. The molecule has 0 bridgehead atoms. The van der Waals surface area contributed by atoms with Crippen LogP contribution in [0, 0.1) is 0 Å². The molecule has 28 heavy (non-hydrogen) atoms. The molecule has 0 aliphatic carbocycles. The van der Waals surface area contributed by atoms with E-state index in [4.69, 9.17) is 4.74 Å². The number of hydrogen-bond acceptors (Lipinski definition) is 4. The lowest BCUT2D eigenvalue weighted by Gasteiger charge is -2.26.